The van der Waals surface area contributed by atoms with E-state index in [-0.39, 0.29) is 13.2 Å². The van der Waals surface area contributed by atoms with E-state index >= 15 is 0 Å². The van der Waals surface area contributed by atoms with Gasteiger partial charge in [0.15, 0.2) is 11.5 Å². The lowest BCUT2D eigenvalue weighted by Gasteiger charge is -2.28. The third-order valence-electron chi connectivity index (χ3n) is 5.16. The van der Waals surface area contributed by atoms with Gasteiger partial charge in [-0.3, -0.25) is 0 Å². The third kappa shape index (κ3) is 4.70. The molecule has 0 fully saturated rings. The normalized spacial score (nSPS) is 14.9. The zero-order valence-corrected chi connectivity index (χ0v) is 21.5. The number of methoxy groups -OCH3 is 1. The van der Waals surface area contributed by atoms with Gasteiger partial charge < -0.3 is 19.5 Å². The molecule has 34 heavy (non-hydrogen) atoms. The van der Waals surface area contributed by atoms with Crippen molar-refractivity contribution >= 4 is 51.0 Å². The molecule has 0 bridgehead atoms. The number of carbonyl (C=O) groups is 1. The van der Waals surface area contributed by atoms with Crippen LogP contribution in [0.2, 0.25) is 10.0 Å². The lowest BCUT2D eigenvalue weighted by molar-refractivity contribution is -0.139. The average Bonchev–Trinajstić information content (AvgIpc) is 3.26. The van der Waals surface area contributed by atoms with Crippen molar-refractivity contribution in [2.45, 2.75) is 26.5 Å². The molecule has 0 radical (unpaired) electrons. The van der Waals surface area contributed by atoms with Crippen molar-refractivity contribution in [3.05, 3.63) is 67.2 Å². The van der Waals surface area contributed by atoms with Gasteiger partial charge in [-0.25, -0.2) is 4.79 Å². The maximum absolute atomic E-state index is 12.9. The van der Waals surface area contributed by atoms with Crippen molar-refractivity contribution in [1.29, 1.82) is 0 Å². The lowest BCUT2D eigenvalue weighted by atomic mass is 9.95. The summed E-state index contributed by atoms with van der Waals surface area (Å²) in [5.74, 6) is 0.861. The third-order valence-corrected chi connectivity index (χ3v) is 6.34. The number of aromatic nitrogens is 4. The Balaban J connectivity index is 1.73. The Bertz CT molecular complexity index is 1280. The fourth-order valence-electron chi connectivity index (χ4n) is 3.62. The first-order chi connectivity index (χ1) is 16.3. The number of ether oxygens (including phenoxy) is 3. The molecule has 12 heteroatoms. The molecular weight excluding hydrogens is 549 g/mol. The number of esters is 1. The van der Waals surface area contributed by atoms with Crippen LogP contribution in [0.1, 0.15) is 31.0 Å². The topological polar surface area (TPSA) is 100 Å². The van der Waals surface area contributed by atoms with E-state index in [4.69, 9.17) is 37.4 Å². The minimum Gasteiger partial charge on any atom is -0.493 e. The quantitative estimate of drug-likeness (QED) is 0.389. The Morgan fingerprint density at radius 1 is 1.26 bits per heavy atom. The molecule has 9 nitrogen and oxygen atoms in total. The number of tetrazole rings is 1. The van der Waals surface area contributed by atoms with Crippen molar-refractivity contribution in [2.24, 2.45) is 0 Å². The lowest BCUT2D eigenvalue weighted by Crippen LogP contribution is -2.29. The molecule has 1 N–H and O–H groups in total. The predicted molar refractivity (Wildman–Crippen MR) is 130 cm³/mol. The highest BCUT2D eigenvalue weighted by atomic mass is 79.9. The van der Waals surface area contributed by atoms with Crippen LogP contribution in [0.15, 0.2) is 46.1 Å². The Morgan fingerprint density at radius 3 is 2.76 bits per heavy atom. The number of fused-ring (bicyclic) bond motifs is 1. The molecule has 1 aliphatic rings. The van der Waals surface area contributed by atoms with Crippen LogP contribution < -0.4 is 14.8 Å². The molecule has 0 spiro atoms. The smallest absolute Gasteiger partial charge is 0.338 e. The van der Waals surface area contributed by atoms with E-state index in [0.29, 0.717) is 48.8 Å². The fraction of sp³-hybridized carbons (Fsp3) is 0.273. The van der Waals surface area contributed by atoms with E-state index in [2.05, 4.69) is 36.8 Å². The van der Waals surface area contributed by atoms with Crippen LogP contribution in [0.4, 0.5) is 5.95 Å². The van der Waals surface area contributed by atoms with Gasteiger partial charge in [-0.05, 0) is 70.0 Å². The Labute approximate surface area is 214 Å². The molecule has 0 amide bonds. The zero-order chi connectivity index (χ0) is 24.4. The van der Waals surface area contributed by atoms with Gasteiger partial charge >= 0.3 is 5.97 Å². The molecule has 2 aromatic carbocycles. The van der Waals surface area contributed by atoms with E-state index < -0.39 is 12.0 Å². The van der Waals surface area contributed by atoms with Crippen molar-refractivity contribution in [3.63, 3.8) is 0 Å². The zero-order valence-electron chi connectivity index (χ0n) is 18.4. The summed E-state index contributed by atoms with van der Waals surface area (Å²) in [7, 11) is 1.53. The molecule has 1 aliphatic heterocycles. The van der Waals surface area contributed by atoms with Crippen molar-refractivity contribution in [1.82, 2.24) is 20.2 Å². The molecule has 1 unspecified atom stereocenters. The number of benzene rings is 2. The summed E-state index contributed by atoms with van der Waals surface area (Å²) >= 11 is 15.8. The number of anilines is 1. The van der Waals surface area contributed by atoms with Gasteiger partial charge in [-0.2, -0.15) is 4.68 Å². The number of nitrogens with zero attached hydrogens (tertiary/aromatic N) is 4. The highest BCUT2D eigenvalue weighted by Gasteiger charge is 2.35. The molecule has 0 saturated carbocycles. The number of hydrogen-bond donors (Lipinski definition) is 1. The van der Waals surface area contributed by atoms with Crippen LogP contribution in [0.5, 0.6) is 11.5 Å². The second-order valence-corrected chi connectivity index (χ2v) is 8.99. The van der Waals surface area contributed by atoms with Gasteiger partial charge in [0, 0.05) is 21.3 Å². The number of halogens is 3. The second kappa shape index (κ2) is 10.2. The van der Waals surface area contributed by atoms with Gasteiger partial charge in [0.05, 0.1) is 23.8 Å². The van der Waals surface area contributed by atoms with Gasteiger partial charge in [0.25, 0.3) is 0 Å². The first kappa shape index (κ1) is 24.3. The van der Waals surface area contributed by atoms with Crippen molar-refractivity contribution in [2.75, 3.05) is 19.0 Å². The molecule has 1 atom stereocenters. The number of allylic oxidation sites excluding steroid dienone is 1. The Morgan fingerprint density at radius 2 is 2.06 bits per heavy atom. The summed E-state index contributed by atoms with van der Waals surface area (Å²) in [5.41, 5.74) is 2.44. The molecule has 0 saturated heterocycles. The SMILES string of the molecule is CCOC(=O)C1=C(C)Nc2nnnn2C1c1cc(Br)c(OCc2ccc(Cl)cc2Cl)c(OC)c1. The summed E-state index contributed by atoms with van der Waals surface area (Å²) in [6, 6.07) is 8.16. The highest BCUT2D eigenvalue weighted by Crippen LogP contribution is 2.43. The van der Waals surface area contributed by atoms with Crippen LogP contribution in [0.3, 0.4) is 0 Å². The van der Waals surface area contributed by atoms with E-state index in [9.17, 15) is 4.79 Å². The number of hydrogen-bond acceptors (Lipinski definition) is 8. The first-order valence-electron chi connectivity index (χ1n) is 10.2. The highest BCUT2D eigenvalue weighted by molar-refractivity contribution is 9.10. The minimum absolute atomic E-state index is 0.196. The predicted octanol–water partition coefficient (Wildman–Crippen LogP) is 5.18. The largest absolute Gasteiger partial charge is 0.493 e. The number of carbonyl (C=O) groups excluding carboxylic acids is 1. The van der Waals surface area contributed by atoms with Gasteiger partial charge in [0.1, 0.15) is 12.6 Å². The van der Waals surface area contributed by atoms with E-state index in [1.165, 1.54) is 11.8 Å². The Kier molecular flexibility index (Phi) is 7.30. The van der Waals surface area contributed by atoms with Crippen LogP contribution in [0, 0.1) is 0 Å². The van der Waals surface area contributed by atoms with Crippen LogP contribution in [0.25, 0.3) is 0 Å². The molecule has 1 aromatic heterocycles. The van der Waals surface area contributed by atoms with Gasteiger partial charge in [-0.15, -0.1) is 0 Å². The van der Waals surface area contributed by atoms with E-state index in [1.807, 2.05) is 6.07 Å². The first-order valence-corrected chi connectivity index (χ1v) is 11.8. The monoisotopic (exact) mass is 567 g/mol. The van der Waals surface area contributed by atoms with Crippen molar-refractivity contribution in [3.8, 4) is 11.5 Å². The summed E-state index contributed by atoms with van der Waals surface area (Å²) < 4.78 is 19.1. The second-order valence-electron chi connectivity index (χ2n) is 7.29. The average molecular weight is 569 g/mol. The maximum atomic E-state index is 12.9. The van der Waals surface area contributed by atoms with Crippen LogP contribution >= 0.6 is 39.1 Å². The molecule has 4 rings (SSSR count). The molecule has 178 valence electrons. The Hall–Kier alpha value is -2.82. The summed E-state index contributed by atoms with van der Waals surface area (Å²) in [6.45, 7) is 3.96. The molecule has 0 aliphatic carbocycles. The van der Waals surface area contributed by atoms with Crippen LogP contribution in [-0.4, -0.2) is 39.9 Å². The molecule has 2 heterocycles. The molecular formula is C22H20BrCl2N5O4. The maximum Gasteiger partial charge on any atom is 0.338 e. The minimum atomic E-state index is -0.643. The number of nitrogens with one attached hydrogen (secondary N) is 1. The summed E-state index contributed by atoms with van der Waals surface area (Å²) in [6.07, 6.45) is 0. The summed E-state index contributed by atoms with van der Waals surface area (Å²) in [4.78, 5) is 12.9. The van der Waals surface area contributed by atoms with E-state index in [0.717, 1.165) is 5.56 Å². The van der Waals surface area contributed by atoms with E-state index in [1.54, 1.807) is 38.1 Å². The van der Waals surface area contributed by atoms with Crippen LogP contribution in [-0.2, 0) is 16.1 Å². The molecule has 3 aromatic rings. The number of rotatable bonds is 7. The fourth-order valence-corrected chi connectivity index (χ4v) is 4.66. The standard InChI is InChI=1S/C22H20BrCl2N5O4/c1-4-33-21(31)18-11(2)26-22-27-28-29-30(22)19(18)13-7-15(23)20(17(8-13)32-3)34-10-12-5-6-14(24)9-16(12)25/h5-9,19H,4,10H2,1-3H3,(H,26,27,29). The van der Waals surface area contributed by atoms with Gasteiger partial charge in [-0.1, -0.05) is 34.4 Å². The van der Waals surface area contributed by atoms with Gasteiger partial charge in [0.2, 0.25) is 5.95 Å². The summed E-state index contributed by atoms with van der Waals surface area (Å²) in [5, 5.41) is 15.9. The van der Waals surface area contributed by atoms with Crippen molar-refractivity contribution < 1.29 is 19.0 Å².